The van der Waals surface area contributed by atoms with Gasteiger partial charge in [0.1, 0.15) is 17.7 Å². The maximum absolute atomic E-state index is 12.6. The monoisotopic (exact) mass is 392 g/mol. The lowest BCUT2D eigenvalue weighted by Crippen LogP contribution is -2.50. The van der Waals surface area contributed by atoms with Crippen LogP contribution in [0, 0.1) is 0 Å². The smallest absolute Gasteiger partial charge is 0.428 e. The van der Waals surface area contributed by atoms with E-state index in [1.165, 1.54) is 4.90 Å². The minimum absolute atomic E-state index is 0.0259. The second kappa shape index (κ2) is 9.66. The highest BCUT2D eigenvalue weighted by Gasteiger charge is 2.38. The van der Waals surface area contributed by atoms with Crippen molar-refractivity contribution >= 4 is 18.0 Å². The molecule has 2 atom stereocenters. The Bertz CT molecular complexity index is 686. The number of carbonyl (C=O) groups excluding carboxylic acids is 3. The summed E-state index contributed by atoms with van der Waals surface area (Å²) in [5, 5.41) is 0. The van der Waals surface area contributed by atoms with Gasteiger partial charge in [-0.05, 0) is 39.2 Å². The molecule has 1 aliphatic heterocycles. The Balaban J connectivity index is 1.85. The fraction of sp³-hybridized carbons (Fsp3) is 0.550. The van der Waals surface area contributed by atoms with Gasteiger partial charge in [0.25, 0.3) is 0 Å². The van der Waals surface area contributed by atoms with Gasteiger partial charge < -0.3 is 24.8 Å². The summed E-state index contributed by atoms with van der Waals surface area (Å²) >= 11 is 0. The van der Waals surface area contributed by atoms with E-state index in [0.717, 1.165) is 5.56 Å². The van der Waals surface area contributed by atoms with Crippen molar-refractivity contribution in [2.24, 2.45) is 5.73 Å². The molecule has 0 saturated carbocycles. The summed E-state index contributed by atoms with van der Waals surface area (Å²) in [6.07, 6.45) is -0.0464. The van der Waals surface area contributed by atoms with Crippen molar-refractivity contribution < 1.29 is 28.6 Å². The topological polar surface area (TPSA) is 108 Å². The summed E-state index contributed by atoms with van der Waals surface area (Å²) in [5.41, 5.74) is 6.15. The van der Waals surface area contributed by atoms with Gasteiger partial charge in [-0.25, -0.2) is 9.59 Å². The molecule has 1 amide bonds. The van der Waals surface area contributed by atoms with Gasteiger partial charge in [-0.15, -0.1) is 0 Å². The first kappa shape index (κ1) is 21.8. The van der Waals surface area contributed by atoms with E-state index in [-0.39, 0.29) is 6.61 Å². The molecule has 0 aliphatic carbocycles. The van der Waals surface area contributed by atoms with E-state index >= 15 is 0 Å². The molecule has 1 aromatic carbocycles. The van der Waals surface area contributed by atoms with E-state index in [0.29, 0.717) is 26.0 Å². The zero-order chi connectivity index (χ0) is 20.7. The average molecular weight is 392 g/mol. The van der Waals surface area contributed by atoms with Crippen molar-refractivity contribution in [1.29, 1.82) is 0 Å². The number of nitrogens with zero attached hydrogens (tertiary/aromatic N) is 1. The number of benzene rings is 1. The van der Waals surface area contributed by atoms with Gasteiger partial charge in [-0.2, -0.15) is 0 Å². The van der Waals surface area contributed by atoms with Gasteiger partial charge in [-0.3, -0.25) is 4.79 Å². The quantitative estimate of drug-likeness (QED) is 0.583. The van der Waals surface area contributed by atoms with E-state index in [1.807, 2.05) is 30.3 Å². The molecule has 8 heteroatoms. The van der Waals surface area contributed by atoms with E-state index in [1.54, 1.807) is 20.8 Å². The number of hydrogen-bond donors (Lipinski definition) is 1. The molecule has 1 aliphatic rings. The first-order valence-corrected chi connectivity index (χ1v) is 9.30. The number of likely N-dealkylation sites (tertiary alicyclic amines) is 1. The van der Waals surface area contributed by atoms with Crippen LogP contribution in [0.5, 0.6) is 0 Å². The van der Waals surface area contributed by atoms with Crippen molar-refractivity contribution in [3.05, 3.63) is 35.9 Å². The average Bonchev–Trinajstić information content (AvgIpc) is 3.10. The Hall–Kier alpha value is -2.45. The van der Waals surface area contributed by atoms with E-state index < -0.39 is 35.7 Å². The molecule has 1 saturated heterocycles. The molecule has 1 aromatic rings. The van der Waals surface area contributed by atoms with Gasteiger partial charge >= 0.3 is 12.1 Å². The number of rotatable bonds is 6. The van der Waals surface area contributed by atoms with Crippen LogP contribution in [-0.4, -0.2) is 53.8 Å². The predicted molar refractivity (Wildman–Crippen MR) is 101 cm³/mol. The Morgan fingerprint density at radius 3 is 2.54 bits per heavy atom. The molecular formula is C20H28N2O6. The van der Waals surface area contributed by atoms with Crippen LogP contribution < -0.4 is 5.73 Å². The minimum atomic E-state index is -1.08. The SMILES string of the molecule is CC(C)(C)OC(=O)OC(=O)[C@@H]1CCCN1C(=O)[C@@H](N)COCc1ccccc1. The zero-order valence-corrected chi connectivity index (χ0v) is 16.6. The molecule has 0 radical (unpaired) electrons. The highest BCUT2D eigenvalue weighted by atomic mass is 16.7. The molecule has 1 fully saturated rings. The molecule has 8 nitrogen and oxygen atoms in total. The van der Waals surface area contributed by atoms with E-state index in [9.17, 15) is 14.4 Å². The van der Waals surface area contributed by atoms with E-state index in [4.69, 9.17) is 19.9 Å². The molecule has 0 unspecified atom stereocenters. The first-order chi connectivity index (χ1) is 13.2. The number of ether oxygens (including phenoxy) is 3. The molecule has 2 rings (SSSR count). The van der Waals surface area contributed by atoms with Crippen LogP contribution in [0.2, 0.25) is 0 Å². The fourth-order valence-electron chi connectivity index (χ4n) is 2.86. The predicted octanol–water partition coefficient (Wildman–Crippen LogP) is 2.00. The Morgan fingerprint density at radius 2 is 1.89 bits per heavy atom. The van der Waals surface area contributed by atoms with Gasteiger partial charge in [0, 0.05) is 6.54 Å². The Kier molecular flexibility index (Phi) is 7.53. The van der Waals surface area contributed by atoms with E-state index in [2.05, 4.69) is 0 Å². The number of esters is 1. The first-order valence-electron chi connectivity index (χ1n) is 9.30. The maximum atomic E-state index is 12.6. The van der Waals surface area contributed by atoms with Crippen molar-refractivity contribution in [2.45, 2.75) is 57.9 Å². The highest BCUT2D eigenvalue weighted by molar-refractivity contribution is 5.91. The van der Waals surface area contributed by atoms with Crippen LogP contribution in [0.1, 0.15) is 39.2 Å². The van der Waals surface area contributed by atoms with Gasteiger partial charge in [-0.1, -0.05) is 30.3 Å². The lowest BCUT2D eigenvalue weighted by atomic mass is 10.2. The van der Waals surface area contributed by atoms with Crippen LogP contribution in [-0.2, 0) is 30.4 Å². The summed E-state index contributed by atoms with van der Waals surface area (Å²) in [4.78, 5) is 38.0. The van der Waals surface area contributed by atoms with Crippen LogP contribution in [0.15, 0.2) is 30.3 Å². The fourth-order valence-corrected chi connectivity index (χ4v) is 2.86. The Labute approximate surface area is 164 Å². The molecule has 28 heavy (non-hydrogen) atoms. The number of carbonyl (C=O) groups is 3. The second-order valence-electron chi connectivity index (χ2n) is 7.68. The van der Waals surface area contributed by atoms with Gasteiger partial charge in [0.2, 0.25) is 5.91 Å². The molecule has 2 N–H and O–H groups in total. The third-order valence-corrected chi connectivity index (χ3v) is 4.11. The van der Waals surface area contributed by atoms with Gasteiger partial charge in [0.15, 0.2) is 0 Å². The largest absolute Gasteiger partial charge is 0.516 e. The number of amides is 1. The van der Waals surface area contributed by atoms with Crippen LogP contribution in [0.4, 0.5) is 4.79 Å². The number of hydrogen-bond acceptors (Lipinski definition) is 7. The summed E-state index contributed by atoms with van der Waals surface area (Å²) in [7, 11) is 0. The Morgan fingerprint density at radius 1 is 1.21 bits per heavy atom. The van der Waals surface area contributed by atoms with Crippen molar-refractivity contribution in [3.63, 3.8) is 0 Å². The normalized spacial score (nSPS) is 17.9. The summed E-state index contributed by atoms with van der Waals surface area (Å²) < 4.78 is 15.2. The summed E-state index contributed by atoms with van der Waals surface area (Å²) in [5.74, 6) is -1.21. The standard InChI is InChI=1S/C20H28N2O6/c1-20(2,3)28-19(25)27-18(24)16-10-7-11-22(16)17(23)15(21)13-26-12-14-8-5-4-6-9-14/h4-6,8-9,15-16H,7,10-13,21H2,1-3H3/t15-,16-/m0/s1. The lowest BCUT2D eigenvalue weighted by molar-refractivity contribution is -0.152. The minimum Gasteiger partial charge on any atom is -0.428 e. The molecule has 1 heterocycles. The lowest BCUT2D eigenvalue weighted by Gasteiger charge is -2.26. The summed E-state index contributed by atoms with van der Waals surface area (Å²) in [6.45, 7) is 5.74. The summed E-state index contributed by atoms with van der Waals surface area (Å²) in [6, 6.07) is 7.78. The molecular weight excluding hydrogens is 364 g/mol. The highest BCUT2D eigenvalue weighted by Crippen LogP contribution is 2.20. The van der Waals surface area contributed by atoms with Crippen LogP contribution in [0.25, 0.3) is 0 Å². The maximum Gasteiger partial charge on any atom is 0.516 e. The van der Waals surface area contributed by atoms with Crippen molar-refractivity contribution in [2.75, 3.05) is 13.2 Å². The third-order valence-electron chi connectivity index (χ3n) is 4.11. The van der Waals surface area contributed by atoms with Crippen LogP contribution in [0.3, 0.4) is 0 Å². The second-order valence-corrected chi connectivity index (χ2v) is 7.68. The molecule has 154 valence electrons. The third kappa shape index (κ3) is 6.61. The molecule has 0 aromatic heterocycles. The van der Waals surface area contributed by atoms with Crippen LogP contribution >= 0.6 is 0 Å². The zero-order valence-electron chi connectivity index (χ0n) is 16.6. The van der Waals surface area contributed by atoms with Gasteiger partial charge in [0.05, 0.1) is 13.2 Å². The number of nitrogens with two attached hydrogens (primary N) is 1. The molecule has 0 bridgehead atoms. The van der Waals surface area contributed by atoms with Crippen molar-refractivity contribution in [1.82, 2.24) is 4.90 Å². The van der Waals surface area contributed by atoms with Crippen molar-refractivity contribution in [3.8, 4) is 0 Å². The molecule has 0 spiro atoms.